The van der Waals surface area contributed by atoms with Crippen LogP contribution in [0.3, 0.4) is 0 Å². The maximum Gasteiger partial charge on any atom is 0.270 e. The van der Waals surface area contributed by atoms with Crippen molar-refractivity contribution in [2.45, 2.75) is 38.0 Å². The van der Waals surface area contributed by atoms with Gasteiger partial charge >= 0.3 is 0 Å². The van der Waals surface area contributed by atoms with Gasteiger partial charge in [0, 0.05) is 30.7 Å². The van der Waals surface area contributed by atoms with Gasteiger partial charge < -0.3 is 14.7 Å². The number of carbonyl (C=O) groups excluding carboxylic acids is 1. The van der Waals surface area contributed by atoms with Gasteiger partial charge in [0.15, 0.2) is 0 Å². The van der Waals surface area contributed by atoms with Crippen molar-refractivity contribution in [2.24, 2.45) is 0 Å². The molecule has 2 aliphatic heterocycles. The molecule has 3 atom stereocenters. The van der Waals surface area contributed by atoms with Gasteiger partial charge in [-0.3, -0.25) is 14.9 Å². The molecule has 1 aromatic carbocycles. The monoisotopic (exact) mass is 292 g/mol. The number of aliphatic hydroxyl groups is 1. The van der Waals surface area contributed by atoms with E-state index in [-0.39, 0.29) is 11.6 Å². The van der Waals surface area contributed by atoms with Gasteiger partial charge in [-0.1, -0.05) is 0 Å². The molecule has 2 heterocycles. The van der Waals surface area contributed by atoms with E-state index in [1.54, 1.807) is 11.8 Å². The molecule has 1 saturated heterocycles. The molecule has 1 N–H and O–H groups in total. The summed E-state index contributed by atoms with van der Waals surface area (Å²) in [6, 6.07) is 3.70. The van der Waals surface area contributed by atoms with Crippen molar-refractivity contribution in [1.29, 1.82) is 0 Å². The zero-order valence-corrected chi connectivity index (χ0v) is 11.6. The smallest absolute Gasteiger partial charge is 0.270 e. The largest absolute Gasteiger partial charge is 0.488 e. The van der Waals surface area contributed by atoms with Crippen LogP contribution in [0.25, 0.3) is 0 Å². The van der Waals surface area contributed by atoms with Crippen molar-refractivity contribution in [3.8, 4) is 5.75 Å². The van der Waals surface area contributed by atoms with Crippen molar-refractivity contribution in [3.63, 3.8) is 0 Å². The van der Waals surface area contributed by atoms with E-state index in [1.807, 2.05) is 0 Å². The topological polar surface area (TPSA) is 92.9 Å². The van der Waals surface area contributed by atoms with Gasteiger partial charge in [-0.2, -0.15) is 0 Å². The number of amides is 1. The van der Waals surface area contributed by atoms with E-state index in [0.717, 1.165) is 6.42 Å². The van der Waals surface area contributed by atoms with Crippen LogP contribution < -0.4 is 4.74 Å². The molecule has 0 saturated carbocycles. The Labute approximate surface area is 121 Å². The first-order chi connectivity index (χ1) is 9.99. The first kappa shape index (κ1) is 13.8. The Morgan fingerprint density at radius 2 is 2.24 bits per heavy atom. The van der Waals surface area contributed by atoms with Gasteiger partial charge in [0.25, 0.3) is 5.69 Å². The van der Waals surface area contributed by atoms with Crippen LogP contribution in [0, 0.1) is 10.1 Å². The number of aliphatic hydroxyl groups excluding tert-OH is 1. The highest BCUT2D eigenvalue weighted by atomic mass is 16.6. The number of fused-ring (bicyclic) bond motifs is 1. The summed E-state index contributed by atoms with van der Waals surface area (Å²) in [5.74, 6) is 0.453. The van der Waals surface area contributed by atoms with Gasteiger partial charge in [-0.25, -0.2) is 0 Å². The van der Waals surface area contributed by atoms with Gasteiger partial charge in [0.2, 0.25) is 5.91 Å². The van der Waals surface area contributed by atoms with Crippen LogP contribution in [-0.2, 0) is 4.79 Å². The molecule has 7 heteroatoms. The minimum Gasteiger partial charge on any atom is -0.488 e. The number of hydrogen-bond donors (Lipinski definition) is 1. The molecule has 0 aliphatic carbocycles. The minimum absolute atomic E-state index is 0.0365. The normalized spacial score (nSPS) is 28.2. The first-order valence-electron chi connectivity index (χ1n) is 6.91. The van der Waals surface area contributed by atoms with Crippen molar-refractivity contribution in [2.75, 3.05) is 6.54 Å². The fraction of sp³-hybridized carbons (Fsp3) is 0.500. The van der Waals surface area contributed by atoms with Crippen LogP contribution in [-0.4, -0.2) is 39.6 Å². The number of nitro benzene ring substituents is 1. The summed E-state index contributed by atoms with van der Waals surface area (Å²) in [4.78, 5) is 24.1. The number of rotatable bonds is 2. The third-order valence-corrected chi connectivity index (χ3v) is 4.09. The average molecular weight is 292 g/mol. The highest BCUT2D eigenvalue weighted by Crippen LogP contribution is 2.41. The lowest BCUT2D eigenvalue weighted by molar-refractivity contribution is -0.385. The van der Waals surface area contributed by atoms with Gasteiger partial charge in [0.05, 0.1) is 11.0 Å². The maximum absolute atomic E-state index is 12.0. The molecule has 2 unspecified atom stereocenters. The molecule has 0 bridgehead atoms. The molecule has 1 fully saturated rings. The van der Waals surface area contributed by atoms with Gasteiger partial charge in [-0.05, 0) is 19.4 Å². The van der Waals surface area contributed by atoms with Crippen LogP contribution in [0.4, 0.5) is 5.69 Å². The third-order valence-electron chi connectivity index (χ3n) is 4.09. The molecule has 1 aromatic rings. The number of nitrogens with zero attached hydrogens (tertiary/aromatic N) is 2. The van der Waals surface area contributed by atoms with Crippen LogP contribution >= 0.6 is 0 Å². The minimum atomic E-state index is -0.901. The lowest BCUT2D eigenvalue weighted by Gasteiger charge is -2.39. The second kappa shape index (κ2) is 5.00. The summed E-state index contributed by atoms with van der Waals surface area (Å²) < 4.78 is 5.59. The molecular weight excluding hydrogens is 276 g/mol. The second-order valence-electron chi connectivity index (χ2n) is 5.43. The fourth-order valence-electron chi connectivity index (χ4n) is 3.01. The molecule has 0 radical (unpaired) electrons. The maximum atomic E-state index is 12.0. The van der Waals surface area contributed by atoms with E-state index >= 15 is 0 Å². The number of benzene rings is 1. The van der Waals surface area contributed by atoms with Crippen molar-refractivity contribution >= 4 is 11.6 Å². The lowest BCUT2D eigenvalue weighted by Crippen LogP contribution is -2.47. The molecule has 112 valence electrons. The molecule has 7 nitrogen and oxygen atoms in total. The number of nitro groups is 1. The molecule has 0 spiro atoms. The Morgan fingerprint density at radius 3 is 2.86 bits per heavy atom. The third kappa shape index (κ3) is 2.23. The van der Waals surface area contributed by atoms with Crippen molar-refractivity contribution in [3.05, 3.63) is 33.9 Å². The number of carbonyl (C=O) groups is 1. The summed E-state index contributed by atoms with van der Waals surface area (Å²) in [5.41, 5.74) is 0.431. The Balaban J connectivity index is 2.08. The molecule has 3 rings (SSSR count). The summed E-state index contributed by atoms with van der Waals surface area (Å²) in [6.45, 7) is 2.28. The number of likely N-dealkylation sites (tertiary alicyclic amines) is 1. The molecule has 0 aromatic heterocycles. The van der Waals surface area contributed by atoms with Crippen LogP contribution in [0.5, 0.6) is 5.75 Å². The predicted molar refractivity (Wildman–Crippen MR) is 72.9 cm³/mol. The van der Waals surface area contributed by atoms with E-state index < -0.39 is 23.2 Å². The van der Waals surface area contributed by atoms with Gasteiger partial charge in [-0.15, -0.1) is 0 Å². The Bertz CT molecular complexity index is 603. The number of ether oxygens (including phenoxy) is 1. The zero-order chi connectivity index (χ0) is 15.1. The summed E-state index contributed by atoms with van der Waals surface area (Å²) in [5, 5.41) is 21.3. The molecule has 2 aliphatic rings. The molecule has 21 heavy (non-hydrogen) atoms. The summed E-state index contributed by atoms with van der Waals surface area (Å²) in [7, 11) is 0. The second-order valence-corrected chi connectivity index (χ2v) is 5.43. The van der Waals surface area contributed by atoms with Crippen LogP contribution in [0.2, 0.25) is 0 Å². The summed E-state index contributed by atoms with van der Waals surface area (Å²) >= 11 is 0. The standard InChI is InChI=1S/C14H16N2O5/c1-8-14(18)13(15-6-2-3-12(15)17)10-7-9(16(19)20)4-5-11(10)21-8/h4-5,7-8,13-14,18H,2-3,6H2,1H3/t8?,13?,14-/m1/s1. The lowest BCUT2D eigenvalue weighted by atomic mass is 9.92. The number of hydrogen-bond acceptors (Lipinski definition) is 5. The SMILES string of the molecule is CC1Oc2ccc([N+](=O)[O-])cc2C(N2CCCC2=O)[C@@H]1O. The fourth-order valence-corrected chi connectivity index (χ4v) is 3.01. The summed E-state index contributed by atoms with van der Waals surface area (Å²) in [6.07, 6.45) is -0.191. The van der Waals surface area contributed by atoms with Crippen LogP contribution in [0.1, 0.15) is 31.4 Å². The van der Waals surface area contributed by atoms with Crippen molar-refractivity contribution < 1.29 is 19.6 Å². The first-order valence-corrected chi connectivity index (χ1v) is 6.91. The number of non-ortho nitro benzene ring substituents is 1. The van der Waals surface area contributed by atoms with E-state index in [1.165, 1.54) is 18.2 Å². The van der Waals surface area contributed by atoms with Crippen molar-refractivity contribution in [1.82, 2.24) is 4.90 Å². The highest BCUT2D eigenvalue weighted by molar-refractivity contribution is 5.79. The van der Waals surface area contributed by atoms with E-state index in [9.17, 15) is 20.0 Å². The molecular formula is C14H16N2O5. The van der Waals surface area contributed by atoms with E-state index in [4.69, 9.17) is 4.74 Å². The Kier molecular flexibility index (Phi) is 3.29. The zero-order valence-electron chi connectivity index (χ0n) is 11.6. The molecule has 1 amide bonds. The Morgan fingerprint density at radius 1 is 1.48 bits per heavy atom. The van der Waals surface area contributed by atoms with Gasteiger partial charge in [0.1, 0.15) is 18.0 Å². The van der Waals surface area contributed by atoms with E-state index in [2.05, 4.69) is 0 Å². The quantitative estimate of drug-likeness (QED) is 0.657. The van der Waals surface area contributed by atoms with Crippen LogP contribution in [0.15, 0.2) is 18.2 Å². The predicted octanol–water partition coefficient (Wildman–Crippen LogP) is 1.40. The average Bonchev–Trinajstić information content (AvgIpc) is 2.86. The van der Waals surface area contributed by atoms with E-state index in [0.29, 0.717) is 24.3 Å². The Hall–Kier alpha value is -2.15. The highest BCUT2D eigenvalue weighted by Gasteiger charge is 2.42.